The number of ether oxygens (including phenoxy) is 1. The second-order valence-corrected chi connectivity index (χ2v) is 6.26. The van der Waals surface area contributed by atoms with E-state index in [0.29, 0.717) is 16.6 Å². The number of aryl methyl sites for hydroxylation is 2. The lowest BCUT2D eigenvalue weighted by Gasteiger charge is -2.08. The molecule has 0 fully saturated rings. The van der Waals surface area contributed by atoms with Gasteiger partial charge < -0.3 is 4.74 Å². The minimum absolute atomic E-state index is 0.0650. The number of hydrogen-bond donors (Lipinski definition) is 1. The number of aromatic nitrogens is 4. The van der Waals surface area contributed by atoms with Crippen LogP contribution in [0, 0.1) is 6.92 Å². The van der Waals surface area contributed by atoms with Crippen molar-refractivity contribution in [3.63, 3.8) is 0 Å². The van der Waals surface area contributed by atoms with Crippen LogP contribution in [0.1, 0.15) is 11.3 Å². The molecule has 3 rings (SSSR count). The Morgan fingerprint density at radius 2 is 1.92 bits per heavy atom. The van der Waals surface area contributed by atoms with E-state index in [4.69, 9.17) is 4.74 Å². The Hall–Kier alpha value is -2.87. The first-order chi connectivity index (χ1) is 12.0. The number of benzene rings is 1. The molecule has 25 heavy (non-hydrogen) atoms. The number of H-pyrrole nitrogens is 1. The Balaban J connectivity index is 1.79. The van der Waals surface area contributed by atoms with Crippen LogP contribution in [0.4, 0.5) is 0 Å². The van der Waals surface area contributed by atoms with E-state index in [0.717, 1.165) is 10.2 Å². The molecule has 0 unspecified atom stereocenters. The van der Waals surface area contributed by atoms with E-state index in [1.807, 2.05) is 30.3 Å². The van der Waals surface area contributed by atoms with E-state index in [2.05, 4.69) is 15.1 Å². The number of aromatic amines is 1. The number of nitrogens with zero attached hydrogens (tertiary/aromatic N) is 3. The highest BCUT2D eigenvalue weighted by Crippen LogP contribution is 2.22. The van der Waals surface area contributed by atoms with Crippen molar-refractivity contribution in [2.45, 2.75) is 17.8 Å². The summed E-state index contributed by atoms with van der Waals surface area (Å²) < 4.78 is 6.64. The minimum atomic E-state index is -0.390. The van der Waals surface area contributed by atoms with Gasteiger partial charge in [0.1, 0.15) is 0 Å². The maximum Gasteiger partial charge on any atom is 0.294 e. The smallest absolute Gasteiger partial charge is 0.294 e. The zero-order valence-corrected chi connectivity index (χ0v) is 14.5. The lowest BCUT2D eigenvalue weighted by molar-refractivity contribution is 0.426. The first kappa shape index (κ1) is 17.0. The van der Waals surface area contributed by atoms with Crippen molar-refractivity contribution in [3.05, 3.63) is 74.4 Å². The van der Waals surface area contributed by atoms with Gasteiger partial charge in [0.05, 0.1) is 5.69 Å². The standard InChI is InChI=1S/C17H16N4O3S/c1-11-15(24-13-8-9-14(22)21(2)20-13)16(23)19-17(18-11)25-10-12-6-4-3-5-7-12/h3-9H,10H2,1-2H3,(H,18,19,23). The van der Waals surface area contributed by atoms with Gasteiger partial charge in [-0.3, -0.25) is 14.6 Å². The topological polar surface area (TPSA) is 89.9 Å². The Morgan fingerprint density at radius 1 is 1.16 bits per heavy atom. The van der Waals surface area contributed by atoms with Gasteiger partial charge in [-0.1, -0.05) is 42.1 Å². The van der Waals surface area contributed by atoms with Crippen molar-refractivity contribution in [3.8, 4) is 11.6 Å². The largest absolute Gasteiger partial charge is 0.430 e. The lowest BCUT2D eigenvalue weighted by Crippen LogP contribution is -2.19. The maximum atomic E-state index is 12.3. The molecule has 2 heterocycles. The third-order valence-corrected chi connectivity index (χ3v) is 4.33. The van der Waals surface area contributed by atoms with Crippen LogP contribution in [0.15, 0.2) is 57.2 Å². The Morgan fingerprint density at radius 3 is 2.60 bits per heavy atom. The second kappa shape index (κ2) is 7.35. The summed E-state index contributed by atoms with van der Waals surface area (Å²) in [5.41, 5.74) is 0.944. The molecule has 0 aliphatic heterocycles. The molecule has 1 aromatic carbocycles. The first-order valence-electron chi connectivity index (χ1n) is 7.53. The van der Waals surface area contributed by atoms with Crippen LogP contribution in [-0.4, -0.2) is 19.7 Å². The predicted octanol–water partition coefficient (Wildman–Crippen LogP) is 2.26. The van der Waals surface area contributed by atoms with Gasteiger partial charge in [-0.05, 0) is 12.5 Å². The van der Waals surface area contributed by atoms with Crippen LogP contribution in [0.2, 0.25) is 0 Å². The van der Waals surface area contributed by atoms with Crippen LogP contribution in [0.25, 0.3) is 0 Å². The zero-order chi connectivity index (χ0) is 17.8. The molecule has 0 radical (unpaired) electrons. The molecule has 0 saturated carbocycles. The van der Waals surface area contributed by atoms with Crippen LogP contribution in [-0.2, 0) is 12.8 Å². The summed E-state index contributed by atoms with van der Waals surface area (Å²) in [4.78, 5) is 30.7. The summed E-state index contributed by atoms with van der Waals surface area (Å²) in [7, 11) is 1.51. The number of thioether (sulfide) groups is 1. The van der Waals surface area contributed by atoms with Crippen molar-refractivity contribution in [1.82, 2.24) is 19.7 Å². The van der Waals surface area contributed by atoms with E-state index in [9.17, 15) is 9.59 Å². The molecule has 7 nitrogen and oxygen atoms in total. The summed E-state index contributed by atoms with van der Waals surface area (Å²) in [6, 6.07) is 12.7. The molecule has 0 spiro atoms. The second-order valence-electron chi connectivity index (χ2n) is 5.30. The molecule has 0 aliphatic rings. The van der Waals surface area contributed by atoms with Gasteiger partial charge in [-0.15, -0.1) is 5.10 Å². The average Bonchev–Trinajstić information content (AvgIpc) is 2.60. The molecular formula is C17H16N4O3S. The first-order valence-corrected chi connectivity index (χ1v) is 8.51. The van der Waals surface area contributed by atoms with Crippen molar-refractivity contribution >= 4 is 11.8 Å². The van der Waals surface area contributed by atoms with Gasteiger partial charge in [0.25, 0.3) is 11.1 Å². The molecule has 1 N–H and O–H groups in total. The van der Waals surface area contributed by atoms with E-state index in [1.54, 1.807) is 6.92 Å². The predicted molar refractivity (Wildman–Crippen MR) is 95.1 cm³/mol. The fourth-order valence-corrected chi connectivity index (χ4v) is 2.97. The summed E-state index contributed by atoms with van der Waals surface area (Å²) >= 11 is 1.44. The molecule has 0 bridgehead atoms. The third kappa shape index (κ3) is 4.16. The summed E-state index contributed by atoms with van der Waals surface area (Å²) in [6.07, 6.45) is 0. The fourth-order valence-electron chi connectivity index (χ4n) is 2.10. The van der Waals surface area contributed by atoms with Crippen LogP contribution in [0.3, 0.4) is 0 Å². The molecule has 0 atom stereocenters. The monoisotopic (exact) mass is 356 g/mol. The Bertz CT molecular complexity index is 999. The number of nitrogens with one attached hydrogen (secondary N) is 1. The van der Waals surface area contributed by atoms with Crippen LogP contribution >= 0.6 is 11.8 Å². The normalized spacial score (nSPS) is 10.6. The average molecular weight is 356 g/mol. The van der Waals surface area contributed by atoms with E-state index in [1.165, 1.54) is 30.9 Å². The zero-order valence-electron chi connectivity index (χ0n) is 13.7. The quantitative estimate of drug-likeness (QED) is 0.557. The van der Waals surface area contributed by atoms with Crippen molar-refractivity contribution < 1.29 is 4.74 Å². The van der Waals surface area contributed by atoms with Crippen molar-refractivity contribution in [1.29, 1.82) is 0 Å². The van der Waals surface area contributed by atoms with Crippen molar-refractivity contribution in [2.75, 3.05) is 0 Å². The molecule has 0 aliphatic carbocycles. The maximum absolute atomic E-state index is 12.3. The van der Waals surface area contributed by atoms with E-state index in [-0.39, 0.29) is 17.2 Å². The number of hydrogen-bond acceptors (Lipinski definition) is 6. The Labute approximate surface area is 147 Å². The third-order valence-electron chi connectivity index (χ3n) is 3.39. The highest BCUT2D eigenvalue weighted by Gasteiger charge is 2.12. The summed E-state index contributed by atoms with van der Waals surface area (Å²) in [5.74, 6) is 0.920. The van der Waals surface area contributed by atoms with Crippen molar-refractivity contribution in [2.24, 2.45) is 7.05 Å². The molecule has 0 amide bonds. The Kier molecular flexibility index (Phi) is 4.99. The van der Waals surface area contributed by atoms with Gasteiger partial charge >= 0.3 is 0 Å². The molecule has 3 aromatic rings. The fraction of sp³-hybridized carbons (Fsp3) is 0.176. The number of rotatable bonds is 5. The van der Waals surface area contributed by atoms with Gasteiger partial charge in [-0.25, -0.2) is 9.67 Å². The molecule has 2 aromatic heterocycles. The highest BCUT2D eigenvalue weighted by molar-refractivity contribution is 7.98. The molecular weight excluding hydrogens is 340 g/mol. The summed E-state index contributed by atoms with van der Waals surface area (Å²) in [6.45, 7) is 1.69. The highest BCUT2D eigenvalue weighted by atomic mass is 32.2. The van der Waals surface area contributed by atoms with Gasteiger partial charge in [0.15, 0.2) is 5.16 Å². The van der Waals surface area contributed by atoms with Crippen LogP contribution in [0.5, 0.6) is 11.6 Å². The van der Waals surface area contributed by atoms with Gasteiger partial charge in [0.2, 0.25) is 11.6 Å². The van der Waals surface area contributed by atoms with Gasteiger partial charge in [-0.2, -0.15) is 0 Å². The van der Waals surface area contributed by atoms with E-state index < -0.39 is 5.56 Å². The van der Waals surface area contributed by atoms with E-state index >= 15 is 0 Å². The molecule has 128 valence electrons. The molecule has 0 saturated heterocycles. The lowest BCUT2D eigenvalue weighted by atomic mass is 10.2. The SMILES string of the molecule is Cc1nc(SCc2ccccc2)[nH]c(=O)c1Oc1ccc(=O)n(C)n1. The molecule has 8 heteroatoms. The summed E-state index contributed by atoms with van der Waals surface area (Å²) in [5, 5.41) is 4.47. The van der Waals surface area contributed by atoms with Crippen LogP contribution < -0.4 is 15.9 Å². The van der Waals surface area contributed by atoms with Gasteiger partial charge in [0, 0.05) is 24.9 Å². The minimum Gasteiger partial charge on any atom is -0.430 e.